The molecule has 0 amide bonds. The van der Waals surface area contributed by atoms with Crippen LogP contribution < -0.4 is 5.32 Å². The normalized spacial score (nSPS) is 12.0. The van der Waals surface area contributed by atoms with E-state index in [2.05, 4.69) is 5.32 Å². The highest BCUT2D eigenvalue weighted by Crippen LogP contribution is 2.21. The van der Waals surface area contributed by atoms with E-state index in [0.717, 1.165) is 5.56 Å². The molecule has 0 bridgehead atoms. The summed E-state index contributed by atoms with van der Waals surface area (Å²) in [5.41, 5.74) is 0.167. The molecule has 0 unspecified atom stereocenters. The first-order valence-electron chi connectivity index (χ1n) is 11.0. The number of phenols is 1. The first-order chi connectivity index (χ1) is 15.1. The summed E-state index contributed by atoms with van der Waals surface area (Å²) in [7, 11) is 0. The fraction of sp³-hybridized carbons (Fsp3) is 0.625. The van der Waals surface area contributed by atoms with Gasteiger partial charge in [0.15, 0.2) is 0 Å². The molecule has 1 aromatic carbocycles. The SMILES string of the molecule is CC(C)(C)OC(=O)CNCCN(CC(=O)OC(C)(C)C)Cc1cc(CCC(=O)O)ccc1O. The molecule has 0 aliphatic carbocycles. The highest BCUT2D eigenvalue weighted by Gasteiger charge is 2.21. The van der Waals surface area contributed by atoms with Crippen molar-refractivity contribution in [2.75, 3.05) is 26.2 Å². The molecule has 0 spiro atoms. The van der Waals surface area contributed by atoms with Crippen LogP contribution in [-0.2, 0) is 36.8 Å². The van der Waals surface area contributed by atoms with E-state index in [4.69, 9.17) is 14.6 Å². The van der Waals surface area contributed by atoms with E-state index in [1.807, 2.05) is 0 Å². The molecule has 186 valence electrons. The molecule has 1 aromatic rings. The molecule has 9 heteroatoms. The second kappa shape index (κ2) is 12.6. The van der Waals surface area contributed by atoms with Crippen LogP contribution in [0, 0.1) is 0 Å². The van der Waals surface area contributed by atoms with Gasteiger partial charge in [0.1, 0.15) is 17.0 Å². The summed E-state index contributed by atoms with van der Waals surface area (Å²) in [4.78, 5) is 36.9. The number of ether oxygens (including phenoxy) is 2. The van der Waals surface area contributed by atoms with Gasteiger partial charge in [0, 0.05) is 31.6 Å². The third-order valence-electron chi connectivity index (χ3n) is 4.23. The van der Waals surface area contributed by atoms with E-state index < -0.39 is 23.1 Å². The molecule has 0 saturated carbocycles. The minimum atomic E-state index is -0.896. The number of hydrogen-bond acceptors (Lipinski definition) is 8. The number of carboxylic acids is 1. The van der Waals surface area contributed by atoms with Gasteiger partial charge in [0.25, 0.3) is 0 Å². The number of aromatic hydroxyl groups is 1. The molecule has 0 aliphatic heterocycles. The Bertz CT molecular complexity index is 810. The summed E-state index contributed by atoms with van der Waals surface area (Å²) in [5.74, 6) is -1.61. The van der Waals surface area contributed by atoms with Crippen LogP contribution >= 0.6 is 0 Å². The van der Waals surface area contributed by atoms with E-state index in [0.29, 0.717) is 25.1 Å². The fourth-order valence-electron chi connectivity index (χ4n) is 2.99. The maximum atomic E-state index is 12.4. The molecule has 1 rings (SSSR count). The number of aliphatic carboxylic acids is 1. The quantitative estimate of drug-likeness (QED) is 0.315. The van der Waals surface area contributed by atoms with Crippen molar-refractivity contribution >= 4 is 17.9 Å². The predicted molar refractivity (Wildman–Crippen MR) is 124 cm³/mol. The lowest BCUT2D eigenvalue weighted by Crippen LogP contribution is -2.39. The number of carbonyl (C=O) groups is 3. The van der Waals surface area contributed by atoms with E-state index in [9.17, 15) is 19.5 Å². The Labute approximate surface area is 196 Å². The summed E-state index contributed by atoms with van der Waals surface area (Å²) < 4.78 is 10.7. The zero-order valence-electron chi connectivity index (χ0n) is 20.6. The number of nitrogens with one attached hydrogen (secondary N) is 1. The van der Waals surface area contributed by atoms with Gasteiger partial charge in [0.05, 0.1) is 13.1 Å². The third kappa shape index (κ3) is 13.5. The van der Waals surface area contributed by atoms with Crippen molar-refractivity contribution in [1.29, 1.82) is 0 Å². The number of nitrogens with zero attached hydrogens (tertiary/aromatic N) is 1. The molecular weight excluding hydrogens is 428 g/mol. The Morgan fingerprint density at radius 1 is 1.00 bits per heavy atom. The fourth-order valence-corrected chi connectivity index (χ4v) is 2.99. The topological polar surface area (TPSA) is 125 Å². The molecule has 33 heavy (non-hydrogen) atoms. The molecule has 0 fully saturated rings. The van der Waals surface area contributed by atoms with Gasteiger partial charge < -0.3 is 25.0 Å². The Hall–Kier alpha value is -2.65. The summed E-state index contributed by atoms with van der Waals surface area (Å²) in [5, 5.41) is 22.2. The Kier molecular flexibility index (Phi) is 10.8. The number of carboxylic acid groups (broad SMARTS) is 1. The van der Waals surface area contributed by atoms with Crippen molar-refractivity contribution in [1.82, 2.24) is 10.2 Å². The lowest BCUT2D eigenvalue weighted by atomic mass is 10.0. The van der Waals surface area contributed by atoms with Crippen molar-refractivity contribution in [2.24, 2.45) is 0 Å². The van der Waals surface area contributed by atoms with Gasteiger partial charge in [-0.3, -0.25) is 19.3 Å². The Morgan fingerprint density at radius 3 is 2.18 bits per heavy atom. The number of aryl methyl sites for hydroxylation is 1. The highest BCUT2D eigenvalue weighted by atomic mass is 16.6. The zero-order chi connectivity index (χ0) is 25.2. The minimum Gasteiger partial charge on any atom is -0.508 e. The largest absolute Gasteiger partial charge is 0.508 e. The molecule has 0 radical (unpaired) electrons. The molecule has 0 aromatic heterocycles. The van der Waals surface area contributed by atoms with E-state index in [1.165, 1.54) is 6.07 Å². The number of hydrogen-bond donors (Lipinski definition) is 3. The molecule has 3 N–H and O–H groups in total. The van der Waals surface area contributed by atoms with Gasteiger partial charge in [-0.05, 0) is 59.6 Å². The maximum absolute atomic E-state index is 12.4. The van der Waals surface area contributed by atoms with Crippen LogP contribution in [0.5, 0.6) is 5.75 Å². The van der Waals surface area contributed by atoms with E-state index in [1.54, 1.807) is 58.6 Å². The molecular formula is C24H38N2O7. The first-order valence-corrected chi connectivity index (χ1v) is 11.0. The molecule has 9 nitrogen and oxygen atoms in total. The summed E-state index contributed by atoms with van der Waals surface area (Å²) in [6, 6.07) is 4.95. The highest BCUT2D eigenvalue weighted by molar-refractivity contribution is 5.72. The number of phenolic OH excluding ortho intramolecular Hbond substituents is 1. The molecule has 0 saturated heterocycles. The van der Waals surface area contributed by atoms with Crippen LogP contribution in [0.1, 0.15) is 59.1 Å². The van der Waals surface area contributed by atoms with Crippen LogP contribution in [0.25, 0.3) is 0 Å². The first kappa shape index (κ1) is 28.4. The summed E-state index contributed by atoms with van der Waals surface area (Å²) in [6.45, 7) is 11.8. The minimum absolute atomic E-state index is 0.00974. The zero-order valence-corrected chi connectivity index (χ0v) is 20.6. The van der Waals surface area contributed by atoms with Crippen molar-refractivity contribution < 1.29 is 34.1 Å². The van der Waals surface area contributed by atoms with Crippen LogP contribution in [0.4, 0.5) is 0 Å². The number of esters is 2. The van der Waals surface area contributed by atoms with Crippen LogP contribution in [0.3, 0.4) is 0 Å². The number of benzene rings is 1. The molecule has 0 atom stereocenters. The third-order valence-corrected chi connectivity index (χ3v) is 4.23. The second-order valence-corrected chi connectivity index (χ2v) is 9.92. The van der Waals surface area contributed by atoms with Crippen molar-refractivity contribution in [3.8, 4) is 5.75 Å². The van der Waals surface area contributed by atoms with E-state index in [-0.39, 0.29) is 37.8 Å². The standard InChI is InChI=1S/C24H38N2O7/c1-23(2,3)32-21(30)14-25-11-12-26(16-22(31)33-24(4,5)6)15-18-13-17(7-9-19(18)27)8-10-20(28)29/h7,9,13,25,27H,8,10-12,14-16H2,1-6H3,(H,28,29). The number of rotatable bonds is 12. The van der Waals surface area contributed by atoms with Gasteiger partial charge in [-0.15, -0.1) is 0 Å². The summed E-state index contributed by atoms with van der Waals surface area (Å²) >= 11 is 0. The van der Waals surface area contributed by atoms with Gasteiger partial charge in [-0.25, -0.2) is 0 Å². The maximum Gasteiger partial charge on any atom is 0.320 e. The average Bonchev–Trinajstić information content (AvgIpc) is 2.62. The van der Waals surface area contributed by atoms with Gasteiger partial charge in [0.2, 0.25) is 0 Å². The van der Waals surface area contributed by atoms with Crippen LogP contribution in [-0.4, -0.2) is 70.4 Å². The lowest BCUT2D eigenvalue weighted by Gasteiger charge is -2.26. The molecule has 0 aliphatic rings. The average molecular weight is 467 g/mol. The summed E-state index contributed by atoms with van der Waals surface area (Å²) in [6.07, 6.45) is 0.326. The van der Waals surface area contributed by atoms with E-state index >= 15 is 0 Å². The van der Waals surface area contributed by atoms with Gasteiger partial charge in [-0.2, -0.15) is 0 Å². The van der Waals surface area contributed by atoms with Crippen LogP contribution in [0.15, 0.2) is 18.2 Å². The van der Waals surface area contributed by atoms with Gasteiger partial charge in [-0.1, -0.05) is 12.1 Å². The lowest BCUT2D eigenvalue weighted by molar-refractivity contribution is -0.157. The van der Waals surface area contributed by atoms with Crippen LogP contribution in [0.2, 0.25) is 0 Å². The van der Waals surface area contributed by atoms with Crippen molar-refractivity contribution in [3.05, 3.63) is 29.3 Å². The monoisotopic (exact) mass is 466 g/mol. The van der Waals surface area contributed by atoms with Crippen molar-refractivity contribution in [3.63, 3.8) is 0 Å². The predicted octanol–water partition coefficient (Wildman–Crippen LogP) is 2.48. The van der Waals surface area contributed by atoms with Gasteiger partial charge >= 0.3 is 17.9 Å². The Balaban J connectivity index is 2.82. The number of carbonyl (C=O) groups excluding carboxylic acids is 2. The smallest absolute Gasteiger partial charge is 0.320 e. The van der Waals surface area contributed by atoms with Crippen molar-refractivity contribution in [2.45, 2.75) is 72.1 Å². The molecule has 0 heterocycles. The second-order valence-electron chi connectivity index (χ2n) is 9.92. The Morgan fingerprint density at radius 2 is 1.61 bits per heavy atom.